The molecule has 0 spiro atoms. The van der Waals surface area contributed by atoms with Crippen molar-refractivity contribution in [3.8, 4) is 17.1 Å². The maximum Gasteiger partial charge on any atom is 0.343 e. The van der Waals surface area contributed by atoms with E-state index < -0.39 is 5.97 Å². The number of anilines is 1. The molecule has 152 valence electrons. The van der Waals surface area contributed by atoms with Crippen LogP contribution in [0.2, 0.25) is 0 Å². The van der Waals surface area contributed by atoms with E-state index in [1.807, 2.05) is 11.9 Å². The molecule has 3 rings (SSSR count). The molecule has 1 aromatic carbocycles. The Kier molecular flexibility index (Phi) is 6.89. The Morgan fingerprint density at radius 2 is 1.96 bits per heavy atom. The van der Waals surface area contributed by atoms with Gasteiger partial charge in [-0.2, -0.15) is 0 Å². The lowest BCUT2D eigenvalue weighted by Gasteiger charge is -2.26. The molecule has 28 heavy (non-hydrogen) atoms. The van der Waals surface area contributed by atoms with Crippen LogP contribution in [-0.4, -0.2) is 74.7 Å². The zero-order valence-corrected chi connectivity index (χ0v) is 16.4. The van der Waals surface area contributed by atoms with Gasteiger partial charge >= 0.3 is 5.97 Å². The first-order valence-corrected chi connectivity index (χ1v) is 9.48. The van der Waals surface area contributed by atoms with Gasteiger partial charge in [-0.15, -0.1) is 0 Å². The largest absolute Gasteiger partial charge is 0.497 e. The van der Waals surface area contributed by atoms with Crippen LogP contribution in [0.5, 0.6) is 5.75 Å². The second-order valence-corrected chi connectivity index (χ2v) is 6.83. The molecule has 2 aromatic rings. The van der Waals surface area contributed by atoms with Gasteiger partial charge < -0.3 is 24.0 Å². The predicted octanol–water partition coefficient (Wildman–Crippen LogP) is 2.60. The standard InChI is InChI=1S/C20H27N3O5/c1-22(9-3-4-10-23-11-13-27-14-12-23)19-17(20(24)25)18(28-21-19)15-5-7-16(26-2)8-6-15/h5-8H,3-4,9-14H2,1-2H3,(H,24,25). The molecule has 8 heteroatoms. The molecule has 0 amide bonds. The monoisotopic (exact) mass is 389 g/mol. The van der Waals surface area contributed by atoms with Crippen molar-refractivity contribution in [2.45, 2.75) is 12.8 Å². The van der Waals surface area contributed by atoms with E-state index in [9.17, 15) is 9.90 Å². The number of hydrogen-bond donors (Lipinski definition) is 1. The first-order valence-electron chi connectivity index (χ1n) is 9.48. The van der Waals surface area contributed by atoms with Crippen molar-refractivity contribution in [2.24, 2.45) is 0 Å². The highest BCUT2D eigenvalue weighted by Gasteiger charge is 2.26. The number of carboxylic acids is 1. The van der Waals surface area contributed by atoms with Crippen LogP contribution in [0.15, 0.2) is 28.8 Å². The van der Waals surface area contributed by atoms with Crippen LogP contribution in [0.4, 0.5) is 5.82 Å². The summed E-state index contributed by atoms with van der Waals surface area (Å²) in [7, 11) is 3.43. The molecular formula is C20H27N3O5. The SMILES string of the molecule is COc1ccc(-c2onc(N(C)CCCCN3CCOCC3)c2C(=O)O)cc1. The molecule has 1 fully saturated rings. The molecule has 1 N–H and O–H groups in total. The zero-order valence-electron chi connectivity index (χ0n) is 16.4. The minimum absolute atomic E-state index is 0.0841. The minimum Gasteiger partial charge on any atom is -0.497 e. The van der Waals surface area contributed by atoms with Crippen LogP contribution in [0, 0.1) is 0 Å². The van der Waals surface area contributed by atoms with Crippen LogP contribution in [-0.2, 0) is 4.74 Å². The smallest absolute Gasteiger partial charge is 0.343 e. The fourth-order valence-corrected chi connectivity index (χ4v) is 3.29. The third kappa shape index (κ3) is 4.82. The van der Waals surface area contributed by atoms with Crippen molar-refractivity contribution in [3.63, 3.8) is 0 Å². The molecule has 1 aliphatic rings. The first kappa shape index (κ1) is 20.2. The minimum atomic E-state index is -1.05. The summed E-state index contributed by atoms with van der Waals surface area (Å²) in [5.41, 5.74) is 0.735. The van der Waals surface area contributed by atoms with E-state index in [4.69, 9.17) is 14.0 Å². The van der Waals surface area contributed by atoms with Gasteiger partial charge in [-0.1, -0.05) is 5.16 Å². The quantitative estimate of drug-likeness (QED) is 0.655. The first-order chi connectivity index (χ1) is 13.6. The van der Waals surface area contributed by atoms with E-state index >= 15 is 0 Å². The Morgan fingerprint density at radius 3 is 2.61 bits per heavy atom. The number of morpholine rings is 1. The van der Waals surface area contributed by atoms with Gasteiger partial charge in [0.15, 0.2) is 17.1 Å². The molecule has 0 aliphatic carbocycles. The van der Waals surface area contributed by atoms with Crippen LogP contribution in [0.3, 0.4) is 0 Å². The van der Waals surface area contributed by atoms with Crippen LogP contribution >= 0.6 is 0 Å². The molecule has 1 aliphatic heterocycles. The summed E-state index contributed by atoms with van der Waals surface area (Å²) in [4.78, 5) is 16.1. The van der Waals surface area contributed by atoms with E-state index in [-0.39, 0.29) is 11.3 Å². The number of nitrogens with zero attached hydrogens (tertiary/aromatic N) is 3. The molecule has 0 atom stereocenters. The second-order valence-electron chi connectivity index (χ2n) is 6.83. The van der Waals surface area contributed by atoms with Crippen molar-refractivity contribution in [1.29, 1.82) is 0 Å². The number of aromatic nitrogens is 1. The lowest BCUT2D eigenvalue weighted by molar-refractivity contribution is 0.0372. The van der Waals surface area contributed by atoms with E-state index in [2.05, 4.69) is 10.1 Å². The number of hydrogen-bond acceptors (Lipinski definition) is 7. The maximum atomic E-state index is 11.9. The average molecular weight is 389 g/mol. The van der Waals surface area contributed by atoms with Crippen molar-refractivity contribution in [1.82, 2.24) is 10.1 Å². The number of methoxy groups -OCH3 is 1. The number of carbonyl (C=O) groups is 1. The fourth-order valence-electron chi connectivity index (χ4n) is 3.29. The third-order valence-electron chi connectivity index (χ3n) is 4.92. The third-order valence-corrected chi connectivity index (χ3v) is 4.92. The van der Waals surface area contributed by atoms with Crippen molar-refractivity contribution in [2.75, 3.05) is 58.5 Å². The molecule has 8 nitrogen and oxygen atoms in total. The van der Waals surface area contributed by atoms with E-state index in [0.29, 0.717) is 23.7 Å². The normalized spacial score (nSPS) is 14.8. The number of aromatic carboxylic acids is 1. The van der Waals surface area contributed by atoms with Gasteiger partial charge in [0.2, 0.25) is 0 Å². The molecule has 0 radical (unpaired) electrons. The van der Waals surface area contributed by atoms with Gasteiger partial charge in [-0.05, 0) is 43.7 Å². The average Bonchev–Trinajstić information content (AvgIpc) is 3.17. The van der Waals surface area contributed by atoms with Gasteiger partial charge in [-0.3, -0.25) is 4.90 Å². The molecule has 0 unspecified atom stereocenters. The molecule has 1 saturated heterocycles. The van der Waals surface area contributed by atoms with E-state index in [0.717, 1.165) is 45.7 Å². The second kappa shape index (κ2) is 9.57. The summed E-state index contributed by atoms with van der Waals surface area (Å²) in [6.45, 7) is 5.29. The lowest BCUT2D eigenvalue weighted by Crippen LogP contribution is -2.37. The maximum absolute atomic E-state index is 11.9. The Hall–Kier alpha value is -2.58. The van der Waals surface area contributed by atoms with Crippen LogP contribution < -0.4 is 9.64 Å². The summed E-state index contributed by atoms with van der Waals surface area (Å²) in [6, 6.07) is 7.05. The zero-order chi connectivity index (χ0) is 19.9. The highest BCUT2D eigenvalue weighted by Crippen LogP contribution is 2.32. The number of ether oxygens (including phenoxy) is 2. The number of rotatable bonds is 9. The van der Waals surface area contributed by atoms with Crippen molar-refractivity contribution < 1.29 is 23.9 Å². The summed E-state index contributed by atoms with van der Waals surface area (Å²) in [6.07, 6.45) is 1.98. The summed E-state index contributed by atoms with van der Waals surface area (Å²) in [5, 5.41) is 13.8. The van der Waals surface area contributed by atoms with E-state index in [1.54, 1.807) is 31.4 Å². The summed E-state index contributed by atoms with van der Waals surface area (Å²) >= 11 is 0. The highest BCUT2D eigenvalue weighted by molar-refractivity contribution is 5.99. The highest BCUT2D eigenvalue weighted by atomic mass is 16.5. The van der Waals surface area contributed by atoms with Gasteiger partial charge in [0, 0.05) is 32.2 Å². The van der Waals surface area contributed by atoms with Gasteiger partial charge in [0.25, 0.3) is 0 Å². The van der Waals surface area contributed by atoms with Crippen molar-refractivity contribution >= 4 is 11.8 Å². The van der Waals surface area contributed by atoms with Gasteiger partial charge in [0.05, 0.1) is 20.3 Å². The fraction of sp³-hybridized carbons (Fsp3) is 0.500. The van der Waals surface area contributed by atoms with Crippen LogP contribution in [0.1, 0.15) is 23.2 Å². The topological polar surface area (TPSA) is 88.3 Å². The van der Waals surface area contributed by atoms with E-state index in [1.165, 1.54) is 0 Å². The number of unbranched alkanes of at least 4 members (excludes halogenated alkanes) is 1. The number of carboxylic acid groups (broad SMARTS) is 1. The lowest BCUT2D eigenvalue weighted by atomic mass is 10.1. The van der Waals surface area contributed by atoms with Gasteiger partial charge in [0.1, 0.15) is 5.75 Å². The summed E-state index contributed by atoms with van der Waals surface area (Å²) in [5.74, 6) is 0.245. The Balaban J connectivity index is 1.63. The predicted molar refractivity (Wildman–Crippen MR) is 105 cm³/mol. The van der Waals surface area contributed by atoms with Crippen molar-refractivity contribution in [3.05, 3.63) is 29.8 Å². The Bertz CT molecular complexity index is 769. The molecule has 1 aromatic heterocycles. The van der Waals surface area contributed by atoms with Gasteiger partial charge in [-0.25, -0.2) is 4.79 Å². The molecule has 0 saturated carbocycles. The molecule has 0 bridgehead atoms. The summed E-state index contributed by atoms with van der Waals surface area (Å²) < 4.78 is 15.9. The Morgan fingerprint density at radius 1 is 1.25 bits per heavy atom. The Labute approximate surface area is 164 Å². The molecular weight excluding hydrogens is 362 g/mol. The molecule has 2 heterocycles. The van der Waals surface area contributed by atoms with Crippen LogP contribution in [0.25, 0.3) is 11.3 Å². The number of benzene rings is 1.